The fourth-order valence-corrected chi connectivity index (χ4v) is 3.38. The van der Waals surface area contributed by atoms with Crippen LogP contribution in [-0.4, -0.2) is 16.4 Å². The highest BCUT2D eigenvalue weighted by molar-refractivity contribution is 6.34. The third-order valence-electron chi connectivity index (χ3n) is 4.46. The fraction of sp³-hybridized carbons (Fsp3) is 0.158. The van der Waals surface area contributed by atoms with Crippen LogP contribution in [0.5, 0.6) is 0 Å². The number of hydrogen-bond donors (Lipinski definition) is 0. The summed E-state index contributed by atoms with van der Waals surface area (Å²) >= 11 is 0. The highest BCUT2D eigenvalue weighted by Gasteiger charge is 2.36. The Labute approximate surface area is 133 Å². The van der Waals surface area contributed by atoms with Crippen molar-refractivity contribution in [1.29, 1.82) is 0 Å². The first-order valence-corrected chi connectivity index (χ1v) is 7.69. The number of carbonyl (C=O) groups excluding carboxylic acids is 2. The molecule has 0 unspecified atom stereocenters. The van der Waals surface area contributed by atoms with Crippen molar-refractivity contribution < 1.29 is 9.59 Å². The normalized spacial score (nSPS) is 13.9. The molecule has 1 aromatic heterocycles. The second-order valence-corrected chi connectivity index (χ2v) is 5.76. The fourth-order valence-electron chi connectivity index (χ4n) is 3.38. The van der Waals surface area contributed by atoms with Crippen molar-refractivity contribution in [1.82, 2.24) is 4.57 Å². The molecule has 0 bridgehead atoms. The second kappa shape index (κ2) is 4.81. The zero-order valence-corrected chi connectivity index (χ0v) is 13.0. The van der Waals surface area contributed by atoms with Gasteiger partial charge in [0.2, 0.25) is 0 Å². The first-order chi connectivity index (χ1) is 11.1. The van der Waals surface area contributed by atoms with Crippen molar-refractivity contribution in [2.75, 3.05) is 4.90 Å². The molecule has 4 nitrogen and oxygen atoms in total. The molecule has 23 heavy (non-hydrogen) atoms. The number of rotatable bonds is 2. The molecule has 0 spiro atoms. The Bertz CT molecular complexity index is 934. The van der Waals surface area contributed by atoms with Gasteiger partial charge in [-0.3, -0.25) is 9.59 Å². The molecule has 2 aromatic carbocycles. The van der Waals surface area contributed by atoms with Crippen LogP contribution in [0, 0.1) is 6.92 Å². The summed E-state index contributed by atoms with van der Waals surface area (Å²) in [5.41, 5.74) is 3.85. The zero-order valence-electron chi connectivity index (χ0n) is 13.0. The van der Waals surface area contributed by atoms with E-state index in [2.05, 4.69) is 24.5 Å². The lowest BCUT2D eigenvalue weighted by molar-refractivity contribution is 0.0926. The molecule has 0 saturated carbocycles. The zero-order chi connectivity index (χ0) is 16.1. The highest BCUT2D eigenvalue weighted by Crippen LogP contribution is 2.31. The average molecular weight is 304 g/mol. The number of anilines is 1. The van der Waals surface area contributed by atoms with Gasteiger partial charge in [-0.25, -0.2) is 4.90 Å². The van der Waals surface area contributed by atoms with Crippen molar-refractivity contribution in [3.63, 3.8) is 0 Å². The summed E-state index contributed by atoms with van der Waals surface area (Å²) in [5.74, 6) is -0.506. The number of amides is 2. The van der Waals surface area contributed by atoms with E-state index in [-0.39, 0.29) is 11.8 Å². The largest absolute Gasteiger partial charge is 0.345 e. The minimum absolute atomic E-state index is 0.253. The van der Waals surface area contributed by atoms with E-state index in [1.165, 1.54) is 10.6 Å². The number of hydrogen-bond acceptors (Lipinski definition) is 2. The van der Waals surface area contributed by atoms with Gasteiger partial charge in [0, 0.05) is 23.1 Å². The van der Waals surface area contributed by atoms with Crippen LogP contribution >= 0.6 is 0 Å². The Morgan fingerprint density at radius 1 is 0.913 bits per heavy atom. The molecule has 1 aliphatic heterocycles. The number of carbonyl (C=O) groups is 2. The van der Waals surface area contributed by atoms with Gasteiger partial charge in [0.25, 0.3) is 11.8 Å². The molecule has 0 atom stereocenters. The molecule has 2 amide bonds. The van der Waals surface area contributed by atoms with E-state index in [0.717, 1.165) is 17.4 Å². The molecule has 2 heterocycles. The molecule has 3 aromatic rings. The summed E-state index contributed by atoms with van der Waals surface area (Å²) in [5, 5.41) is 1.04. The lowest BCUT2D eigenvalue weighted by atomic mass is 10.1. The Morgan fingerprint density at radius 3 is 2.17 bits per heavy atom. The first kappa shape index (κ1) is 13.8. The highest BCUT2D eigenvalue weighted by atomic mass is 16.2. The topological polar surface area (TPSA) is 42.3 Å². The molecule has 1 aliphatic rings. The van der Waals surface area contributed by atoms with Crippen molar-refractivity contribution in [3.8, 4) is 0 Å². The Hall–Kier alpha value is -2.88. The molecule has 4 heteroatoms. The minimum Gasteiger partial charge on any atom is -0.345 e. The van der Waals surface area contributed by atoms with E-state index in [1.807, 2.05) is 18.2 Å². The van der Waals surface area contributed by atoms with Crippen LogP contribution in [-0.2, 0) is 6.54 Å². The van der Waals surface area contributed by atoms with Gasteiger partial charge in [-0.1, -0.05) is 12.1 Å². The van der Waals surface area contributed by atoms with Crippen molar-refractivity contribution in [2.45, 2.75) is 20.4 Å². The molecule has 0 saturated heterocycles. The second-order valence-electron chi connectivity index (χ2n) is 5.76. The van der Waals surface area contributed by atoms with Gasteiger partial charge in [0.15, 0.2) is 0 Å². The van der Waals surface area contributed by atoms with Crippen LogP contribution in [0.2, 0.25) is 0 Å². The maximum Gasteiger partial charge on any atom is 0.266 e. The third-order valence-corrected chi connectivity index (χ3v) is 4.46. The Morgan fingerprint density at radius 2 is 1.57 bits per heavy atom. The van der Waals surface area contributed by atoms with Crippen LogP contribution in [0.4, 0.5) is 5.69 Å². The number of aromatic nitrogens is 1. The smallest absolute Gasteiger partial charge is 0.266 e. The molecule has 4 rings (SSSR count). The van der Waals surface area contributed by atoms with Gasteiger partial charge < -0.3 is 4.57 Å². The standard InChI is InChI=1S/C19H16N2O2/c1-3-20-12(2)10-13-11-14(8-9-17(13)20)21-18(22)15-6-4-5-7-16(15)19(21)23/h4-11H,3H2,1-2H3. The Kier molecular flexibility index (Phi) is 2.88. The first-order valence-electron chi connectivity index (χ1n) is 7.69. The van der Waals surface area contributed by atoms with E-state index in [9.17, 15) is 9.59 Å². The van der Waals surface area contributed by atoms with E-state index >= 15 is 0 Å². The summed E-state index contributed by atoms with van der Waals surface area (Å²) in [4.78, 5) is 26.4. The van der Waals surface area contributed by atoms with E-state index in [1.54, 1.807) is 24.3 Å². The number of fused-ring (bicyclic) bond motifs is 2. The van der Waals surface area contributed by atoms with E-state index in [4.69, 9.17) is 0 Å². The van der Waals surface area contributed by atoms with Crippen LogP contribution < -0.4 is 4.90 Å². The average Bonchev–Trinajstić information content (AvgIpc) is 3.01. The summed E-state index contributed by atoms with van der Waals surface area (Å²) in [7, 11) is 0. The lowest BCUT2D eigenvalue weighted by Gasteiger charge is -2.14. The maximum absolute atomic E-state index is 12.6. The molecule has 0 aliphatic carbocycles. The number of aryl methyl sites for hydroxylation is 2. The predicted octanol–water partition coefficient (Wildman–Crippen LogP) is 3.77. The van der Waals surface area contributed by atoms with Crippen LogP contribution in [0.15, 0.2) is 48.5 Å². The van der Waals surface area contributed by atoms with Gasteiger partial charge in [-0.05, 0) is 50.2 Å². The Balaban J connectivity index is 1.85. The quantitative estimate of drug-likeness (QED) is 0.676. The SMILES string of the molecule is CCn1c(C)cc2cc(N3C(=O)c4ccccc4C3=O)ccc21. The summed E-state index contributed by atoms with van der Waals surface area (Å²) < 4.78 is 2.21. The number of imide groups is 1. The minimum atomic E-state index is -0.253. The summed E-state index contributed by atoms with van der Waals surface area (Å²) in [6.07, 6.45) is 0. The molecule has 114 valence electrons. The van der Waals surface area contributed by atoms with E-state index in [0.29, 0.717) is 16.8 Å². The van der Waals surface area contributed by atoms with Crippen LogP contribution in [0.25, 0.3) is 10.9 Å². The summed E-state index contributed by atoms with van der Waals surface area (Å²) in [6.45, 7) is 5.05. The van der Waals surface area contributed by atoms with Gasteiger partial charge in [-0.2, -0.15) is 0 Å². The lowest BCUT2D eigenvalue weighted by Crippen LogP contribution is -2.29. The monoisotopic (exact) mass is 304 g/mol. The van der Waals surface area contributed by atoms with Crippen LogP contribution in [0.1, 0.15) is 33.3 Å². The number of nitrogens with zero attached hydrogens (tertiary/aromatic N) is 2. The molecule has 0 fully saturated rings. The number of benzene rings is 2. The molecular weight excluding hydrogens is 288 g/mol. The van der Waals surface area contributed by atoms with Gasteiger partial charge in [-0.15, -0.1) is 0 Å². The summed E-state index contributed by atoms with van der Waals surface area (Å²) in [6, 6.07) is 14.8. The molecular formula is C19H16N2O2. The van der Waals surface area contributed by atoms with E-state index < -0.39 is 0 Å². The van der Waals surface area contributed by atoms with Crippen molar-refractivity contribution in [2.24, 2.45) is 0 Å². The van der Waals surface area contributed by atoms with Gasteiger partial charge >= 0.3 is 0 Å². The molecule has 0 N–H and O–H groups in total. The van der Waals surface area contributed by atoms with Gasteiger partial charge in [0.05, 0.1) is 16.8 Å². The third kappa shape index (κ3) is 1.84. The van der Waals surface area contributed by atoms with Crippen molar-refractivity contribution in [3.05, 3.63) is 65.4 Å². The van der Waals surface area contributed by atoms with Gasteiger partial charge in [0.1, 0.15) is 0 Å². The predicted molar refractivity (Wildman–Crippen MR) is 89.9 cm³/mol. The molecule has 0 radical (unpaired) electrons. The maximum atomic E-state index is 12.6. The van der Waals surface area contributed by atoms with Crippen molar-refractivity contribution >= 4 is 28.4 Å². The van der Waals surface area contributed by atoms with Crippen LogP contribution in [0.3, 0.4) is 0 Å².